The molecule has 1 aromatic heterocycles. The molecule has 1 N–H and O–H groups in total. The van der Waals surface area contributed by atoms with Gasteiger partial charge in [-0.05, 0) is 42.0 Å². The largest absolute Gasteiger partial charge is 0.329 e. The van der Waals surface area contributed by atoms with Gasteiger partial charge in [-0.25, -0.2) is 13.1 Å². The van der Waals surface area contributed by atoms with Gasteiger partial charge in [-0.1, -0.05) is 52.3 Å². The van der Waals surface area contributed by atoms with E-state index in [-0.39, 0.29) is 17.9 Å². The third-order valence-corrected chi connectivity index (χ3v) is 6.11. The van der Waals surface area contributed by atoms with E-state index in [1.807, 2.05) is 53.2 Å². The molecular weight excluding hydrogens is 454 g/mol. The number of carbonyl (C=O) groups is 1. The first-order valence-corrected chi connectivity index (χ1v) is 11.2. The predicted octanol–water partition coefficient (Wildman–Crippen LogP) is 3.09. The maximum Gasteiger partial charge on any atom is 0.248 e. The smallest absolute Gasteiger partial charge is 0.248 e. The monoisotopic (exact) mass is 473 g/mol. The number of hydrogen-bond acceptors (Lipinski definition) is 3. The van der Waals surface area contributed by atoms with Crippen molar-refractivity contribution in [3.63, 3.8) is 0 Å². The van der Waals surface area contributed by atoms with Crippen LogP contribution in [-0.2, 0) is 21.4 Å². The lowest BCUT2D eigenvalue weighted by Crippen LogP contribution is -2.27. The summed E-state index contributed by atoms with van der Waals surface area (Å²) in [4.78, 5) is 16.6. The SMILES string of the molecule is O=C(CCNS(=O)(=O)c1ccc(Br)cc1)N=c1ccccn1Cc1ccccc1. The molecule has 0 saturated carbocycles. The molecule has 3 aromatic rings. The summed E-state index contributed by atoms with van der Waals surface area (Å²) < 4.78 is 29.6. The zero-order valence-corrected chi connectivity index (χ0v) is 17.9. The van der Waals surface area contributed by atoms with Gasteiger partial charge < -0.3 is 4.57 Å². The zero-order valence-electron chi connectivity index (χ0n) is 15.5. The van der Waals surface area contributed by atoms with Crippen molar-refractivity contribution < 1.29 is 13.2 Å². The second kappa shape index (κ2) is 9.78. The van der Waals surface area contributed by atoms with Crippen molar-refractivity contribution in [3.05, 3.63) is 94.5 Å². The molecule has 1 amide bonds. The van der Waals surface area contributed by atoms with E-state index in [0.717, 1.165) is 10.0 Å². The van der Waals surface area contributed by atoms with Crippen LogP contribution in [0.3, 0.4) is 0 Å². The van der Waals surface area contributed by atoms with Crippen LogP contribution in [0.1, 0.15) is 12.0 Å². The standard InChI is InChI=1S/C21H20BrN3O3S/c22-18-9-11-19(12-10-18)29(27,28)23-14-13-21(26)24-20-8-4-5-15-25(20)16-17-6-2-1-3-7-17/h1-12,15,23H,13-14,16H2. The van der Waals surface area contributed by atoms with E-state index in [2.05, 4.69) is 25.6 Å². The van der Waals surface area contributed by atoms with Gasteiger partial charge in [0.2, 0.25) is 15.9 Å². The lowest BCUT2D eigenvalue weighted by molar-refractivity contribution is -0.117. The minimum Gasteiger partial charge on any atom is -0.329 e. The minimum absolute atomic E-state index is 0.0216. The van der Waals surface area contributed by atoms with Crippen LogP contribution in [0.15, 0.2) is 93.4 Å². The molecule has 0 spiro atoms. The second-order valence-corrected chi connectivity index (χ2v) is 8.96. The fourth-order valence-corrected chi connectivity index (χ4v) is 3.95. The summed E-state index contributed by atoms with van der Waals surface area (Å²) >= 11 is 3.27. The summed E-state index contributed by atoms with van der Waals surface area (Å²) in [6.07, 6.45) is 1.82. The molecule has 0 saturated heterocycles. The molecule has 6 nitrogen and oxygen atoms in total. The molecule has 3 rings (SSSR count). The Balaban J connectivity index is 1.65. The first-order valence-electron chi connectivity index (χ1n) is 8.96. The fourth-order valence-electron chi connectivity index (χ4n) is 2.66. The van der Waals surface area contributed by atoms with Crippen molar-refractivity contribution >= 4 is 31.9 Å². The predicted molar refractivity (Wildman–Crippen MR) is 114 cm³/mol. The number of aromatic nitrogens is 1. The molecule has 0 aliphatic rings. The Kier molecular flexibility index (Phi) is 7.13. The number of pyridine rings is 1. The molecule has 150 valence electrons. The van der Waals surface area contributed by atoms with Crippen LogP contribution in [0.2, 0.25) is 0 Å². The molecule has 8 heteroatoms. The average molecular weight is 474 g/mol. The van der Waals surface area contributed by atoms with Gasteiger partial charge in [-0.2, -0.15) is 4.99 Å². The normalized spacial score (nSPS) is 12.1. The highest BCUT2D eigenvalue weighted by Gasteiger charge is 2.13. The minimum atomic E-state index is -3.66. The van der Waals surface area contributed by atoms with Crippen LogP contribution in [-0.4, -0.2) is 25.4 Å². The van der Waals surface area contributed by atoms with Gasteiger partial charge in [0.15, 0.2) is 0 Å². The van der Waals surface area contributed by atoms with Crippen LogP contribution < -0.4 is 10.2 Å². The topological polar surface area (TPSA) is 80.5 Å². The Labute approximate surface area is 178 Å². The number of nitrogens with zero attached hydrogens (tertiary/aromatic N) is 2. The van der Waals surface area contributed by atoms with Crippen LogP contribution in [0, 0.1) is 0 Å². The Morgan fingerprint density at radius 3 is 2.38 bits per heavy atom. The number of halogens is 1. The van der Waals surface area contributed by atoms with Gasteiger partial charge in [0.25, 0.3) is 0 Å². The maximum absolute atomic E-state index is 12.3. The summed E-state index contributed by atoms with van der Waals surface area (Å²) in [5.74, 6) is -0.392. The van der Waals surface area contributed by atoms with Crippen molar-refractivity contribution in [1.29, 1.82) is 0 Å². The molecule has 1 heterocycles. The van der Waals surface area contributed by atoms with Gasteiger partial charge in [0.1, 0.15) is 5.49 Å². The van der Waals surface area contributed by atoms with Gasteiger partial charge >= 0.3 is 0 Å². The summed E-state index contributed by atoms with van der Waals surface area (Å²) in [6.45, 7) is 0.566. The summed E-state index contributed by atoms with van der Waals surface area (Å²) in [7, 11) is -3.66. The lowest BCUT2D eigenvalue weighted by Gasteiger charge is -2.08. The second-order valence-electron chi connectivity index (χ2n) is 6.28. The van der Waals surface area contributed by atoms with Gasteiger partial charge in [-0.15, -0.1) is 0 Å². The molecule has 0 aliphatic carbocycles. The van der Waals surface area contributed by atoms with Gasteiger partial charge in [0.05, 0.1) is 4.90 Å². The first-order chi connectivity index (χ1) is 13.9. The molecule has 0 unspecified atom stereocenters. The number of rotatable bonds is 7. The van der Waals surface area contributed by atoms with Crippen LogP contribution in [0.5, 0.6) is 0 Å². The zero-order chi connectivity index (χ0) is 20.7. The highest BCUT2D eigenvalue weighted by Crippen LogP contribution is 2.14. The summed E-state index contributed by atoms with van der Waals surface area (Å²) in [6, 6.07) is 21.6. The molecule has 29 heavy (non-hydrogen) atoms. The molecule has 0 bridgehead atoms. The van der Waals surface area contributed by atoms with Gasteiger partial charge in [0, 0.05) is 30.2 Å². The van der Waals surface area contributed by atoms with E-state index in [1.54, 1.807) is 18.2 Å². The number of benzene rings is 2. The van der Waals surface area contributed by atoms with E-state index in [4.69, 9.17) is 0 Å². The number of hydrogen-bond donors (Lipinski definition) is 1. The lowest BCUT2D eigenvalue weighted by atomic mass is 10.2. The van der Waals surface area contributed by atoms with Crippen LogP contribution >= 0.6 is 15.9 Å². The Morgan fingerprint density at radius 2 is 1.66 bits per heavy atom. The molecule has 0 aliphatic heterocycles. The summed E-state index contributed by atoms with van der Waals surface area (Å²) in [5, 5.41) is 0. The van der Waals surface area contributed by atoms with Crippen molar-refractivity contribution in [2.45, 2.75) is 17.9 Å². The van der Waals surface area contributed by atoms with E-state index >= 15 is 0 Å². The van der Waals surface area contributed by atoms with E-state index in [1.165, 1.54) is 12.1 Å². The highest BCUT2D eigenvalue weighted by molar-refractivity contribution is 9.10. The third-order valence-electron chi connectivity index (χ3n) is 4.11. The Bertz CT molecular complexity index is 1140. The number of sulfonamides is 1. The van der Waals surface area contributed by atoms with Crippen LogP contribution in [0.25, 0.3) is 0 Å². The maximum atomic E-state index is 12.3. The number of nitrogens with one attached hydrogen (secondary N) is 1. The molecule has 0 fully saturated rings. The fraction of sp³-hybridized carbons (Fsp3) is 0.143. The highest BCUT2D eigenvalue weighted by atomic mass is 79.9. The molecule has 0 radical (unpaired) electrons. The van der Waals surface area contributed by atoms with Crippen molar-refractivity contribution in [2.24, 2.45) is 4.99 Å². The van der Waals surface area contributed by atoms with E-state index < -0.39 is 15.9 Å². The summed E-state index contributed by atoms with van der Waals surface area (Å²) in [5.41, 5.74) is 1.62. The molecular formula is C21H20BrN3O3S. The van der Waals surface area contributed by atoms with E-state index in [0.29, 0.717) is 12.0 Å². The molecule has 2 aromatic carbocycles. The van der Waals surface area contributed by atoms with Crippen molar-refractivity contribution in [1.82, 2.24) is 9.29 Å². The number of carbonyl (C=O) groups excluding carboxylic acids is 1. The van der Waals surface area contributed by atoms with Crippen molar-refractivity contribution in [3.8, 4) is 0 Å². The quantitative estimate of drug-likeness (QED) is 0.572. The van der Waals surface area contributed by atoms with E-state index in [9.17, 15) is 13.2 Å². The molecule has 0 atom stereocenters. The van der Waals surface area contributed by atoms with Crippen LogP contribution in [0.4, 0.5) is 0 Å². The average Bonchev–Trinajstić information content (AvgIpc) is 2.70. The third kappa shape index (κ3) is 6.22. The Morgan fingerprint density at radius 1 is 0.966 bits per heavy atom. The first kappa shape index (κ1) is 21.2. The van der Waals surface area contributed by atoms with Gasteiger partial charge in [-0.3, -0.25) is 4.79 Å². The van der Waals surface area contributed by atoms with Crippen molar-refractivity contribution in [2.75, 3.05) is 6.54 Å². The Hall–Kier alpha value is -2.55. The number of amides is 1.